The van der Waals surface area contributed by atoms with Crippen molar-refractivity contribution in [3.63, 3.8) is 0 Å². The molecule has 0 aromatic heterocycles. The number of hydrogen-bond donors (Lipinski definition) is 1. The van der Waals surface area contributed by atoms with Crippen LogP contribution < -0.4 is 5.32 Å². The van der Waals surface area contributed by atoms with Gasteiger partial charge in [0.15, 0.2) is 0 Å². The standard InChI is InChI=1S/C15H21N/c1-3-15(16-4-2)14-11-7-9-12-8-5-6-10-13(12)14/h3,5-6,8,10,14-16H,1,4,7,9,11H2,2H3. The molecule has 0 bridgehead atoms. The second kappa shape index (κ2) is 5.31. The Morgan fingerprint density at radius 2 is 2.31 bits per heavy atom. The van der Waals surface area contributed by atoms with Crippen LogP contribution in [0, 0.1) is 0 Å². The van der Waals surface area contributed by atoms with Crippen LogP contribution in [0.25, 0.3) is 0 Å². The first-order valence-electron chi connectivity index (χ1n) is 6.30. The summed E-state index contributed by atoms with van der Waals surface area (Å²) in [5.41, 5.74) is 3.06. The lowest BCUT2D eigenvalue weighted by atomic mass is 9.79. The average Bonchev–Trinajstić information content (AvgIpc) is 2.35. The van der Waals surface area contributed by atoms with Gasteiger partial charge in [-0.05, 0) is 36.9 Å². The molecule has 86 valence electrons. The number of aryl methyl sites for hydroxylation is 1. The van der Waals surface area contributed by atoms with Crippen LogP contribution in [0.15, 0.2) is 36.9 Å². The average molecular weight is 215 g/mol. The van der Waals surface area contributed by atoms with Gasteiger partial charge >= 0.3 is 0 Å². The molecule has 0 heterocycles. The number of hydrogen-bond acceptors (Lipinski definition) is 1. The third kappa shape index (κ3) is 2.19. The molecule has 2 atom stereocenters. The fourth-order valence-electron chi connectivity index (χ4n) is 2.79. The highest BCUT2D eigenvalue weighted by Gasteiger charge is 2.24. The summed E-state index contributed by atoms with van der Waals surface area (Å²) in [6.45, 7) is 7.13. The molecule has 0 fully saturated rings. The maximum Gasteiger partial charge on any atom is 0.0316 e. The lowest BCUT2D eigenvalue weighted by Gasteiger charge is -2.31. The summed E-state index contributed by atoms with van der Waals surface area (Å²) in [6, 6.07) is 9.28. The smallest absolute Gasteiger partial charge is 0.0316 e. The van der Waals surface area contributed by atoms with Crippen molar-refractivity contribution in [3.8, 4) is 0 Å². The number of rotatable bonds is 4. The van der Waals surface area contributed by atoms with E-state index in [0.29, 0.717) is 12.0 Å². The zero-order chi connectivity index (χ0) is 11.4. The van der Waals surface area contributed by atoms with E-state index in [2.05, 4.69) is 49.2 Å². The topological polar surface area (TPSA) is 12.0 Å². The van der Waals surface area contributed by atoms with Gasteiger partial charge in [0.25, 0.3) is 0 Å². The monoisotopic (exact) mass is 215 g/mol. The molecule has 1 nitrogen and oxygen atoms in total. The Morgan fingerprint density at radius 3 is 3.06 bits per heavy atom. The third-order valence-corrected chi connectivity index (χ3v) is 3.54. The molecule has 0 aliphatic heterocycles. The normalized spacial score (nSPS) is 21.2. The molecule has 1 N–H and O–H groups in total. The first kappa shape index (κ1) is 11.4. The molecular weight excluding hydrogens is 194 g/mol. The zero-order valence-corrected chi connectivity index (χ0v) is 10.1. The quantitative estimate of drug-likeness (QED) is 0.760. The predicted octanol–water partition coefficient (Wildman–Crippen LogP) is 3.27. The van der Waals surface area contributed by atoms with Crippen LogP contribution in [0.5, 0.6) is 0 Å². The highest BCUT2D eigenvalue weighted by atomic mass is 14.9. The minimum Gasteiger partial charge on any atom is -0.310 e. The molecule has 0 saturated heterocycles. The van der Waals surface area contributed by atoms with Crippen molar-refractivity contribution >= 4 is 0 Å². The Balaban J connectivity index is 2.26. The number of nitrogens with one attached hydrogen (secondary N) is 1. The number of likely N-dealkylation sites (N-methyl/N-ethyl adjacent to an activating group) is 1. The molecule has 1 aliphatic rings. The SMILES string of the molecule is C=CC(NCC)C1CCCc2ccccc21. The summed E-state index contributed by atoms with van der Waals surface area (Å²) >= 11 is 0. The van der Waals surface area contributed by atoms with Gasteiger partial charge in [0.1, 0.15) is 0 Å². The molecule has 0 radical (unpaired) electrons. The van der Waals surface area contributed by atoms with E-state index in [1.165, 1.54) is 30.4 Å². The fraction of sp³-hybridized carbons (Fsp3) is 0.467. The summed E-state index contributed by atoms with van der Waals surface area (Å²) in [7, 11) is 0. The molecule has 1 heteroatoms. The molecule has 1 aromatic rings. The van der Waals surface area contributed by atoms with Crippen LogP contribution in [0.4, 0.5) is 0 Å². The van der Waals surface area contributed by atoms with Crippen molar-refractivity contribution in [2.45, 2.75) is 38.1 Å². The molecule has 0 amide bonds. The van der Waals surface area contributed by atoms with Gasteiger partial charge < -0.3 is 5.32 Å². The molecule has 1 aromatic carbocycles. The minimum atomic E-state index is 0.423. The van der Waals surface area contributed by atoms with E-state index >= 15 is 0 Å². The molecule has 16 heavy (non-hydrogen) atoms. The van der Waals surface area contributed by atoms with Crippen LogP contribution in [0.2, 0.25) is 0 Å². The van der Waals surface area contributed by atoms with Gasteiger partial charge in [0, 0.05) is 12.0 Å². The zero-order valence-electron chi connectivity index (χ0n) is 10.1. The van der Waals surface area contributed by atoms with Gasteiger partial charge in [-0.15, -0.1) is 6.58 Å². The van der Waals surface area contributed by atoms with Crippen LogP contribution in [-0.2, 0) is 6.42 Å². The Morgan fingerprint density at radius 1 is 1.50 bits per heavy atom. The van der Waals surface area contributed by atoms with Gasteiger partial charge in [-0.3, -0.25) is 0 Å². The summed E-state index contributed by atoms with van der Waals surface area (Å²) in [4.78, 5) is 0. The summed E-state index contributed by atoms with van der Waals surface area (Å²) in [6.07, 6.45) is 5.89. The largest absolute Gasteiger partial charge is 0.310 e. The Kier molecular flexibility index (Phi) is 3.79. The molecule has 0 saturated carbocycles. The number of benzene rings is 1. The summed E-state index contributed by atoms with van der Waals surface area (Å²) in [5.74, 6) is 0.613. The van der Waals surface area contributed by atoms with E-state index in [4.69, 9.17) is 0 Å². The predicted molar refractivity (Wildman–Crippen MR) is 69.8 cm³/mol. The number of fused-ring (bicyclic) bond motifs is 1. The first-order chi connectivity index (χ1) is 7.86. The summed E-state index contributed by atoms with van der Waals surface area (Å²) < 4.78 is 0. The van der Waals surface area contributed by atoms with Crippen molar-refractivity contribution in [3.05, 3.63) is 48.0 Å². The van der Waals surface area contributed by atoms with E-state index in [-0.39, 0.29) is 0 Å². The van der Waals surface area contributed by atoms with Crippen molar-refractivity contribution in [2.75, 3.05) is 6.54 Å². The van der Waals surface area contributed by atoms with E-state index < -0.39 is 0 Å². The molecule has 2 unspecified atom stereocenters. The molecular formula is C15H21N. The van der Waals surface area contributed by atoms with E-state index in [1.807, 2.05) is 0 Å². The van der Waals surface area contributed by atoms with Crippen molar-refractivity contribution in [1.82, 2.24) is 5.32 Å². The molecule has 2 rings (SSSR count). The van der Waals surface area contributed by atoms with E-state index in [0.717, 1.165) is 6.54 Å². The maximum atomic E-state index is 3.97. The van der Waals surface area contributed by atoms with Crippen LogP contribution in [-0.4, -0.2) is 12.6 Å². The van der Waals surface area contributed by atoms with E-state index in [1.54, 1.807) is 0 Å². The Hall–Kier alpha value is -1.08. The van der Waals surface area contributed by atoms with Gasteiger partial charge in [-0.2, -0.15) is 0 Å². The lowest BCUT2D eigenvalue weighted by molar-refractivity contribution is 0.451. The highest BCUT2D eigenvalue weighted by Crippen LogP contribution is 2.34. The Bertz CT molecular complexity index is 356. The first-order valence-corrected chi connectivity index (χ1v) is 6.30. The van der Waals surface area contributed by atoms with Crippen molar-refractivity contribution in [1.29, 1.82) is 0 Å². The van der Waals surface area contributed by atoms with Gasteiger partial charge in [0.2, 0.25) is 0 Å². The molecule has 1 aliphatic carbocycles. The highest BCUT2D eigenvalue weighted by molar-refractivity contribution is 5.34. The Labute approximate surface area is 98.6 Å². The van der Waals surface area contributed by atoms with Gasteiger partial charge in [-0.1, -0.05) is 37.3 Å². The lowest BCUT2D eigenvalue weighted by Crippen LogP contribution is -2.34. The second-order valence-corrected chi connectivity index (χ2v) is 4.52. The van der Waals surface area contributed by atoms with Crippen molar-refractivity contribution in [2.24, 2.45) is 0 Å². The minimum absolute atomic E-state index is 0.423. The van der Waals surface area contributed by atoms with E-state index in [9.17, 15) is 0 Å². The fourth-order valence-corrected chi connectivity index (χ4v) is 2.79. The van der Waals surface area contributed by atoms with Gasteiger partial charge in [0.05, 0.1) is 0 Å². The van der Waals surface area contributed by atoms with Crippen LogP contribution in [0.3, 0.4) is 0 Å². The second-order valence-electron chi connectivity index (χ2n) is 4.52. The summed E-state index contributed by atoms with van der Waals surface area (Å²) in [5, 5.41) is 3.52. The molecule has 0 spiro atoms. The third-order valence-electron chi connectivity index (χ3n) is 3.54. The maximum absolute atomic E-state index is 3.97. The van der Waals surface area contributed by atoms with Crippen molar-refractivity contribution < 1.29 is 0 Å². The van der Waals surface area contributed by atoms with Crippen LogP contribution in [0.1, 0.15) is 36.8 Å². The van der Waals surface area contributed by atoms with Gasteiger partial charge in [-0.25, -0.2) is 0 Å². The van der Waals surface area contributed by atoms with Crippen LogP contribution >= 0.6 is 0 Å².